The zero-order valence-corrected chi connectivity index (χ0v) is 14.7. The van der Waals surface area contributed by atoms with Crippen LogP contribution in [0.15, 0.2) is 53.4 Å². The minimum atomic E-state index is -3.26. The third-order valence-electron chi connectivity index (χ3n) is 3.79. The Balaban J connectivity index is 1.73. The standard InChI is InChI=1S/C17H18N4O3S/c1-12-3-5-14(6-4-12)17-18-20-21(19-17)11-16(22)13-7-9-15(10-8-13)25(2,23)24/h3-10,16,22H,11H2,1-2H3/t16-/m1/s1. The first kappa shape index (κ1) is 17.2. The van der Waals surface area contributed by atoms with Crippen molar-refractivity contribution in [3.8, 4) is 11.4 Å². The first-order valence-corrected chi connectivity index (χ1v) is 9.55. The number of benzene rings is 2. The second-order valence-electron chi connectivity index (χ2n) is 5.89. The summed E-state index contributed by atoms with van der Waals surface area (Å²) in [4.78, 5) is 1.54. The van der Waals surface area contributed by atoms with Gasteiger partial charge in [0.15, 0.2) is 9.84 Å². The third-order valence-corrected chi connectivity index (χ3v) is 4.92. The van der Waals surface area contributed by atoms with Gasteiger partial charge in [-0.25, -0.2) is 8.42 Å². The first-order valence-electron chi connectivity index (χ1n) is 7.66. The summed E-state index contributed by atoms with van der Waals surface area (Å²) in [6.45, 7) is 2.12. The zero-order chi connectivity index (χ0) is 18.0. The minimum Gasteiger partial charge on any atom is -0.386 e. The van der Waals surface area contributed by atoms with E-state index < -0.39 is 15.9 Å². The highest BCUT2D eigenvalue weighted by Gasteiger charge is 2.14. The predicted octanol–water partition coefficient (Wildman–Crippen LogP) is 1.79. The maximum absolute atomic E-state index is 11.5. The summed E-state index contributed by atoms with van der Waals surface area (Å²) >= 11 is 0. The quantitative estimate of drug-likeness (QED) is 0.747. The fraction of sp³-hybridized carbons (Fsp3) is 0.235. The summed E-state index contributed by atoms with van der Waals surface area (Å²) in [6, 6.07) is 13.9. The van der Waals surface area contributed by atoms with Crippen LogP contribution in [0.1, 0.15) is 17.2 Å². The summed E-state index contributed by atoms with van der Waals surface area (Å²) in [5.74, 6) is 0.486. The largest absolute Gasteiger partial charge is 0.386 e. The molecular formula is C17H18N4O3S. The van der Waals surface area contributed by atoms with E-state index in [1.54, 1.807) is 12.1 Å². The Kier molecular flexibility index (Phi) is 4.65. The van der Waals surface area contributed by atoms with Gasteiger partial charge in [-0.3, -0.25) is 0 Å². The van der Waals surface area contributed by atoms with Gasteiger partial charge < -0.3 is 5.11 Å². The van der Waals surface area contributed by atoms with E-state index in [0.717, 1.165) is 17.4 Å². The van der Waals surface area contributed by atoms with Gasteiger partial charge in [-0.2, -0.15) is 4.80 Å². The van der Waals surface area contributed by atoms with Gasteiger partial charge >= 0.3 is 0 Å². The molecular weight excluding hydrogens is 340 g/mol. The molecule has 130 valence electrons. The molecule has 3 rings (SSSR count). The molecule has 7 nitrogen and oxygen atoms in total. The van der Waals surface area contributed by atoms with Gasteiger partial charge in [0.2, 0.25) is 5.82 Å². The number of nitrogens with zero attached hydrogens (tertiary/aromatic N) is 4. The number of aliphatic hydroxyl groups is 1. The second kappa shape index (κ2) is 6.73. The number of aliphatic hydroxyl groups excluding tert-OH is 1. The topological polar surface area (TPSA) is 98.0 Å². The molecule has 0 aliphatic rings. The van der Waals surface area contributed by atoms with Crippen LogP contribution in [-0.4, -0.2) is 40.0 Å². The van der Waals surface area contributed by atoms with E-state index in [0.29, 0.717) is 11.4 Å². The van der Waals surface area contributed by atoms with Crippen LogP contribution in [0.25, 0.3) is 11.4 Å². The molecule has 1 heterocycles. The van der Waals surface area contributed by atoms with E-state index >= 15 is 0 Å². The molecule has 1 atom stereocenters. The minimum absolute atomic E-state index is 0.122. The van der Waals surface area contributed by atoms with E-state index in [1.165, 1.54) is 16.9 Å². The average Bonchev–Trinajstić information content (AvgIpc) is 3.03. The summed E-state index contributed by atoms with van der Waals surface area (Å²) in [5, 5.41) is 22.5. The monoisotopic (exact) mass is 358 g/mol. The van der Waals surface area contributed by atoms with Gasteiger partial charge in [-0.15, -0.1) is 10.2 Å². The van der Waals surface area contributed by atoms with Crippen LogP contribution in [0.5, 0.6) is 0 Å². The molecule has 1 N–H and O–H groups in total. The molecule has 0 fully saturated rings. The average molecular weight is 358 g/mol. The van der Waals surface area contributed by atoms with Gasteiger partial charge in [0.25, 0.3) is 0 Å². The second-order valence-corrected chi connectivity index (χ2v) is 7.91. The van der Waals surface area contributed by atoms with Crippen LogP contribution in [-0.2, 0) is 16.4 Å². The molecule has 8 heteroatoms. The van der Waals surface area contributed by atoms with Gasteiger partial charge in [0.1, 0.15) is 6.10 Å². The predicted molar refractivity (Wildman–Crippen MR) is 92.5 cm³/mol. The molecule has 0 amide bonds. The molecule has 0 saturated heterocycles. The fourth-order valence-electron chi connectivity index (χ4n) is 2.34. The third kappa shape index (κ3) is 4.09. The van der Waals surface area contributed by atoms with Gasteiger partial charge in [-0.1, -0.05) is 42.0 Å². The van der Waals surface area contributed by atoms with Crippen molar-refractivity contribution in [2.24, 2.45) is 0 Å². The number of aromatic nitrogens is 4. The van der Waals surface area contributed by atoms with Crippen LogP contribution < -0.4 is 0 Å². The molecule has 0 spiro atoms. The Bertz CT molecular complexity index is 964. The normalized spacial score (nSPS) is 12.9. The summed E-state index contributed by atoms with van der Waals surface area (Å²) in [5.41, 5.74) is 2.58. The fourth-order valence-corrected chi connectivity index (χ4v) is 2.97. The van der Waals surface area contributed by atoms with Crippen LogP contribution in [0, 0.1) is 6.92 Å². The number of rotatable bonds is 5. The van der Waals surface area contributed by atoms with Crippen LogP contribution >= 0.6 is 0 Å². The lowest BCUT2D eigenvalue weighted by Gasteiger charge is -2.10. The molecule has 0 bridgehead atoms. The Hall–Kier alpha value is -2.58. The molecule has 0 saturated carbocycles. The van der Waals surface area contributed by atoms with E-state index in [-0.39, 0.29) is 11.4 Å². The molecule has 0 radical (unpaired) electrons. The molecule has 25 heavy (non-hydrogen) atoms. The Labute approximate surface area is 145 Å². The van der Waals surface area contributed by atoms with Crippen molar-refractivity contribution >= 4 is 9.84 Å². The van der Waals surface area contributed by atoms with E-state index in [9.17, 15) is 13.5 Å². The van der Waals surface area contributed by atoms with Crippen LogP contribution in [0.2, 0.25) is 0 Å². The zero-order valence-electron chi connectivity index (χ0n) is 13.9. The summed E-state index contributed by atoms with van der Waals surface area (Å²) in [6.07, 6.45) is 0.276. The molecule has 0 aliphatic heterocycles. The van der Waals surface area contributed by atoms with Crippen molar-refractivity contribution in [1.29, 1.82) is 0 Å². The molecule has 0 aliphatic carbocycles. The number of aryl methyl sites for hydroxylation is 1. The van der Waals surface area contributed by atoms with Gasteiger partial charge in [0, 0.05) is 11.8 Å². The number of sulfone groups is 1. The van der Waals surface area contributed by atoms with Crippen molar-refractivity contribution in [1.82, 2.24) is 20.2 Å². The van der Waals surface area contributed by atoms with Crippen molar-refractivity contribution in [2.75, 3.05) is 6.26 Å². The van der Waals surface area contributed by atoms with Crippen molar-refractivity contribution in [3.05, 3.63) is 59.7 Å². The number of hydrogen-bond donors (Lipinski definition) is 1. The Morgan fingerprint density at radius 2 is 1.72 bits per heavy atom. The van der Waals surface area contributed by atoms with E-state index in [4.69, 9.17) is 0 Å². The maximum Gasteiger partial charge on any atom is 0.204 e. The number of tetrazole rings is 1. The molecule has 3 aromatic rings. The summed E-state index contributed by atoms with van der Waals surface area (Å²) < 4.78 is 22.9. The van der Waals surface area contributed by atoms with E-state index in [1.807, 2.05) is 31.2 Å². The SMILES string of the molecule is Cc1ccc(-c2nnn(C[C@@H](O)c3ccc(S(C)(=O)=O)cc3)n2)cc1. The van der Waals surface area contributed by atoms with Crippen LogP contribution in [0.3, 0.4) is 0 Å². The highest BCUT2D eigenvalue weighted by atomic mass is 32.2. The Morgan fingerprint density at radius 3 is 2.32 bits per heavy atom. The first-order chi connectivity index (χ1) is 11.8. The summed E-state index contributed by atoms with van der Waals surface area (Å²) in [7, 11) is -3.26. The lowest BCUT2D eigenvalue weighted by molar-refractivity contribution is 0.144. The van der Waals surface area contributed by atoms with Gasteiger partial charge in [0.05, 0.1) is 11.4 Å². The van der Waals surface area contributed by atoms with Crippen LogP contribution in [0.4, 0.5) is 0 Å². The highest BCUT2D eigenvalue weighted by molar-refractivity contribution is 7.90. The van der Waals surface area contributed by atoms with Crippen molar-refractivity contribution in [2.45, 2.75) is 24.5 Å². The maximum atomic E-state index is 11.5. The lowest BCUT2D eigenvalue weighted by Crippen LogP contribution is -2.11. The smallest absolute Gasteiger partial charge is 0.204 e. The van der Waals surface area contributed by atoms with E-state index in [2.05, 4.69) is 15.4 Å². The van der Waals surface area contributed by atoms with Crippen molar-refractivity contribution < 1.29 is 13.5 Å². The van der Waals surface area contributed by atoms with Crippen molar-refractivity contribution in [3.63, 3.8) is 0 Å². The molecule has 1 aromatic heterocycles. The molecule has 2 aromatic carbocycles. The lowest BCUT2D eigenvalue weighted by atomic mass is 10.1. The highest BCUT2D eigenvalue weighted by Crippen LogP contribution is 2.19. The Morgan fingerprint density at radius 1 is 1.08 bits per heavy atom. The molecule has 0 unspecified atom stereocenters. The van der Waals surface area contributed by atoms with Gasteiger partial charge in [-0.05, 0) is 29.8 Å². The number of hydrogen-bond acceptors (Lipinski definition) is 6.